The Bertz CT molecular complexity index is 501. The summed E-state index contributed by atoms with van der Waals surface area (Å²) in [6.45, 7) is 1.26. The number of halogens is 2. The number of alkyl halides is 1. The number of hydrogen-bond acceptors (Lipinski definition) is 1. The SMILES string of the molecule is ClCC(COCc1ccccc1)c1cccc(Br)c1. The van der Waals surface area contributed by atoms with Crippen molar-refractivity contribution in [2.75, 3.05) is 12.5 Å². The van der Waals surface area contributed by atoms with Crippen LogP contribution in [0.1, 0.15) is 17.0 Å². The zero-order valence-electron chi connectivity index (χ0n) is 10.6. The average Bonchev–Trinajstić information content (AvgIpc) is 2.45. The van der Waals surface area contributed by atoms with Crippen molar-refractivity contribution in [3.8, 4) is 0 Å². The zero-order chi connectivity index (χ0) is 13.5. The molecule has 1 unspecified atom stereocenters. The van der Waals surface area contributed by atoms with Crippen LogP contribution in [0, 0.1) is 0 Å². The molecular formula is C16H16BrClO. The monoisotopic (exact) mass is 338 g/mol. The van der Waals surface area contributed by atoms with Crippen LogP contribution in [0.4, 0.5) is 0 Å². The van der Waals surface area contributed by atoms with E-state index < -0.39 is 0 Å². The molecule has 2 aromatic rings. The fourth-order valence-electron chi connectivity index (χ4n) is 1.88. The second-order valence-corrected chi connectivity index (χ2v) is 5.63. The first kappa shape index (κ1) is 14.6. The molecule has 1 nitrogen and oxygen atoms in total. The fourth-order valence-corrected chi connectivity index (χ4v) is 2.57. The van der Waals surface area contributed by atoms with E-state index in [0.29, 0.717) is 19.1 Å². The number of rotatable bonds is 6. The van der Waals surface area contributed by atoms with Crippen LogP contribution in [0.15, 0.2) is 59.1 Å². The second-order valence-electron chi connectivity index (χ2n) is 4.41. The number of benzene rings is 2. The third kappa shape index (κ3) is 4.64. The summed E-state index contributed by atoms with van der Waals surface area (Å²) >= 11 is 9.52. The van der Waals surface area contributed by atoms with Gasteiger partial charge in [0.1, 0.15) is 0 Å². The molecule has 0 aliphatic carbocycles. The zero-order valence-corrected chi connectivity index (χ0v) is 12.9. The van der Waals surface area contributed by atoms with Gasteiger partial charge in [-0.3, -0.25) is 0 Å². The molecule has 19 heavy (non-hydrogen) atoms. The Morgan fingerprint density at radius 2 is 1.84 bits per heavy atom. The Hall–Kier alpha value is -0.830. The van der Waals surface area contributed by atoms with Gasteiger partial charge in [-0.05, 0) is 23.3 Å². The largest absolute Gasteiger partial charge is 0.376 e. The predicted octanol–water partition coefficient (Wildman–Crippen LogP) is 4.99. The quantitative estimate of drug-likeness (QED) is 0.674. The molecule has 0 bridgehead atoms. The van der Waals surface area contributed by atoms with Crippen molar-refractivity contribution in [1.29, 1.82) is 0 Å². The lowest BCUT2D eigenvalue weighted by molar-refractivity contribution is 0.111. The van der Waals surface area contributed by atoms with Gasteiger partial charge in [-0.15, -0.1) is 11.6 Å². The molecule has 0 heterocycles. The second kappa shape index (κ2) is 7.68. The minimum Gasteiger partial charge on any atom is -0.376 e. The van der Waals surface area contributed by atoms with Gasteiger partial charge in [-0.1, -0.05) is 58.4 Å². The maximum Gasteiger partial charge on any atom is 0.0717 e. The van der Waals surface area contributed by atoms with Gasteiger partial charge in [0, 0.05) is 16.3 Å². The van der Waals surface area contributed by atoms with E-state index in [1.165, 1.54) is 11.1 Å². The van der Waals surface area contributed by atoms with Gasteiger partial charge in [0.15, 0.2) is 0 Å². The third-order valence-electron chi connectivity index (χ3n) is 2.94. The van der Waals surface area contributed by atoms with Crippen molar-refractivity contribution in [3.63, 3.8) is 0 Å². The van der Waals surface area contributed by atoms with Crippen LogP contribution in [0.5, 0.6) is 0 Å². The van der Waals surface area contributed by atoms with Crippen LogP contribution in [0.2, 0.25) is 0 Å². The molecule has 0 N–H and O–H groups in total. The first-order valence-corrected chi connectivity index (χ1v) is 7.55. The molecule has 0 spiro atoms. The molecule has 0 saturated carbocycles. The average molecular weight is 340 g/mol. The summed E-state index contributed by atoms with van der Waals surface area (Å²) in [6, 6.07) is 18.4. The highest BCUT2D eigenvalue weighted by molar-refractivity contribution is 9.10. The Labute approximate surface area is 127 Å². The van der Waals surface area contributed by atoms with Gasteiger partial charge in [-0.2, -0.15) is 0 Å². The molecule has 0 radical (unpaired) electrons. The Morgan fingerprint density at radius 3 is 2.53 bits per heavy atom. The van der Waals surface area contributed by atoms with Gasteiger partial charge < -0.3 is 4.74 Å². The van der Waals surface area contributed by atoms with E-state index in [9.17, 15) is 0 Å². The van der Waals surface area contributed by atoms with Crippen LogP contribution in [-0.4, -0.2) is 12.5 Å². The first-order valence-electron chi connectivity index (χ1n) is 6.22. The van der Waals surface area contributed by atoms with Crippen molar-refractivity contribution >= 4 is 27.5 Å². The third-order valence-corrected chi connectivity index (χ3v) is 3.80. The van der Waals surface area contributed by atoms with E-state index >= 15 is 0 Å². The summed E-state index contributed by atoms with van der Waals surface area (Å²) in [5.41, 5.74) is 2.39. The molecule has 2 aromatic carbocycles. The van der Waals surface area contributed by atoms with Crippen molar-refractivity contribution < 1.29 is 4.74 Å². The fraction of sp³-hybridized carbons (Fsp3) is 0.250. The number of hydrogen-bond donors (Lipinski definition) is 0. The van der Waals surface area contributed by atoms with Gasteiger partial charge in [0.2, 0.25) is 0 Å². The summed E-state index contributed by atoms with van der Waals surface area (Å²) in [4.78, 5) is 0. The maximum atomic E-state index is 6.04. The molecule has 3 heteroatoms. The molecule has 0 aromatic heterocycles. The van der Waals surface area contributed by atoms with Gasteiger partial charge in [0.25, 0.3) is 0 Å². The summed E-state index contributed by atoms with van der Waals surface area (Å²) in [7, 11) is 0. The molecule has 1 atom stereocenters. The molecular weight excluding hydrogens is 324 g/mol. The molecule has 2 rings (SSSR count). The van der Waals surface area contributed by atoms with Crippen LogP contribution in [0.3, 0.4) is 0 Å². The van der Waals surface area contributed by atoms with E-state index in [1.54, 1.807) is 0 Å². The highest BCUT2D eigenvalue weighted by Gasteiger charge is 2.11. The molecule has 0 saturated heterocycles. The van der Waals surface area contributed by atoms with Crippen molar-refractivity contribution in [2.24, 2.45) is 0 Å². The van der Waals surface area contributed by atoms with Gasteiger partial charge in [-0.25, -0.2) is 0 Å². The van der Waals surface area contributed by atoms with Gasteiger partial charge >= 0.3 is 0 Å². The van der Waals surface area contributed by atoms with Crippen LogP contribution in [-0.2, 0) is 11.3 Å². The summed E-state index contributed by atoms with van der Waals surface area (Å²) in [5, 5.41) is 0. The summed E-state index contributed by atoms with van der Waals surface area (Å²) < 4.78 is 6.84. The molecule has 100 valence electrons. The summed E-state index contributed by atoms with van der Waals surface area (Å²) in [6.07, 6.45) is 0. The highest BCUT2D eigenvalue weighted by Crippen LogP contribution is 2.22. The molecule has 0 amide bonds. The summed E-state index contributed by atoms with van der Waals surface area (Å²) in [5.74, 6) is 0.786. The Kier molecular flexibility index (Phi) is 5.90. The van der Waals surface area contributed by atoms with Gasteiger partial charge in [0.05, 0.1) is 13.2 Å². The lowest BCUT2D eigenvalue weighted by Crippen LogP contribution is -2.09. The Morgan fingerprint density at radius 1 is 1.05 bits per heavy atom. The lowest BCUT2D eigenvalue weighted by atomic mass is 10.0. The lowest BCUT2D eigenvalue weighted by Gasteiger charge is -2.15. The van der Waals surface area contributed by atoms with E-state index in [-0.39, 0.29) is 5.92 Å². The first-order chi connectivity index (χ1) is 9.29. The number of ether oxygens (including phenoxy) is 1. The standard InChI is InChI=1S/C16H16BrClO/c17-16-8-4-7-14(9-16)15(10-18)12-19-11-13-5-2-1-3-6-13/h1-9,15H,10-12H2. The van der Waals surface area contributed by atoms with Crippen molar-refractivity contribution in [2.45, 2.75) is 12.5 Å². The topological polar surface area (TPSA) is 9.23 Å². The van der Waals surface area contributed by atoms with E-state index in [1.807, 2.05) is 30.3 Å². The van der Waals surface area contributed by atoms with E-state index in [0.717, 1.165) is 4.47 Å². The van der Waals surface area contributed by atoms with Crippen LogP contribution >= 0.6 is 27.5 Å². The smallest absolute Gasteiger partial charge is 0.0717 e. The normalized spacial score (nSPS) is 12.3. The molecule has 0 fully saturated rings. The maximum absolute atomic E-state index is 6.04. The van der Waals surface area contributed by atoms with Crippen molar-refractivity contribution in [1.82, 2.24) is 0 Å². The van der Waals surface area contributed by atoms with E-state index in [4.69, 9.17) is 16.3 Å². The molecule has 0 aliphatic heterocycles. The van der Waals surface area contributed by atoms with Crippen molar-refractivity contribution in [3.05, 3.63) is 70.2 Å². The van der Waals surface area contributed by atoms with Crippen LogP contribution < -0.4 is 0 Å². The molecule has 0 aliphatic rings. The minimum absolute atomic E-state index is 0.225. The highest BCUT2D eigenvalue weighted by atomic mass is 79.9. The Balaban J connectivity index is 1.89. The van der Waals surface area contributed by atoms with E-state index in [2.05, 4.69) is 40.2 Å². The minimum atomic E-state index is 0.225. The van der Waals surface area contributed by atoms with Crippen LogP contribution in [0.25, 0.3) is 0 Å². The predicted molar refractivity (Wildman–Crippen MR) is 83.7 cm³/mol.